The van der Waals surface area contributed by atoms with Gasteiger partial charge in [-0.2, -0.15) is 5.26 Å². The molecule has 0 unspecified atom stereocenters. The van der Waals surface area contributed by atoms with Crippen molar-refractivity contribution >= 4 is 7.60 Å². The fraction of sp³-hybridized carbons (Fsp3) is 0.455. The number of aromatic nitrogens is 1. The second kappa shape index (κ2) is 4.97. The Kier molecular flexibility index (Phi) is 4.05. The normalized spacial score (nSPS) is 12.2. The van der Waals surface area contributed by atoms with Gasteiger partial charge in [0.2, 0.25) is 0 Å². The Morgan fingerprint density at radius 1 is 1.47 bits per heavy atom. The third-order valence-corrected chi connectivity index (χ3v) is 5.15. The summed E-state index contributed by atoms with van der Waals surface area (Å²) in [7, 11) is -4.30. The maximum absolute atomic E-state index is 11.7. The molecule has 2 N–H and O–H groups in total. The first-order valence-corrected chi connectivity index (χ1v) is 6.94. The second-order valence-corrected chi connectivity index (χ2v) is 5.77. The minimum Gasteiger partial charge on any atom is -0.324 e. The minimum atomic E-state index is -4.30. The van der Waals surface area contributed by atoms with Crippen LogP contribution in [0.15, 0.2) is 18.3 Å². The van der Waals surface area contributed by atoms with Gasteiger partial charge in [-0.25, -0.2) is 4.98 Å². The predicted molar refractivity (Wildman–Crippen MR) is 63.3 cm³/mol. The molecule has 0 amide bonds. The SMILES string of the molecule is CCC(CC)(c1ccnc(C#N)c1)P(=O)(O)O. The van der Waals surface area contributed by atoms with Gasteiger partial charge < -0.3 is 9.79 Å². The van der Waals surface area contributed by atoms with Crippen LogP contribution in [0.4, 0.5) is 0 Å². The highest BCUT2D eigenvalue weighted by atomic mass is 31.2. The van der Waals surface area contributed by atoms with Gasteiger partial charge in [0.15, 0.2) is 0 Å². The molecular weight excluding hydrogens is 239 g/mol. The molecule has 1 aromatic rings. The molecule has 17 heavy (non-hydrogen) atoms. The van der Waals surface area contributed by atoms with Crippen LogP contribution in [0.25, 0.3) is 0 Å². The minimum absolute atomic E-state index is 0.169. The van der Waals surface area contributed by atoms with E-state index in [4.69, 9.17) is 5.26 Å². The van der Waals surface area contributed by atoms with Crippen molar-refractivity contribution in [1.29, 1.82) is 5.26 Å². The molecule has 0 saturated carbocycles. The monoisotopic (exact) mass is 254 g/mol. The standard InChI is InChI=1S/C11H15N2O3P/c1-3-11(4-2,17(14,15)16)9-5-6-13-10(7-9)8-12/h5-7H,3-4H2,1-2H3,(H2,14,15,16). The molecule has 1 aromatic heterocycles. The van der Waals surface area contributed by atoms with Crippen LogP contribution in [0.3, 0.4) is 0 Å². The molecule has 0 spiro atoms. The smallest absolute Gasteiger partial charge is 0.324 e. The summed E-state index contributed by atoms with van der Waals surface area (Å²) in [6, 6.07) is 4.89. The largest absolute Gasteiger partial charge is 0.335 e. The third-order valence-electron chi connectivity index (χ3n) is 3.14. The van der Waals surface area contributed by atoms with E-state index in [0.29, 0.717) is 18.4 Å². The zero-order chi connectivity index (χ0) is 13.1. The van der Waals surface area contributed by atoms with Crippen molar-refractivity contribution in [2.45, 2.75) is 31.8 Å². The van der Waals surface area contributed by atoms with Gasteiger partial charge in [-0.05, 0) is 30.5 Å². The van der Waals surface area contributed by atoms with Crippen LogP contribution < -0.4 is 0 Å². The first-order valence-electron chi connectivity index (χ1n) is 5.33. The van der Waals surface area contributed by atoms with Crippen LogP contribution in [-0.4, -0.2) is 14.8 Å². The van der Waals surface area contributed by atoms with Gasteiger partial charge in [0, 0.05) is 6.20 Å². The quantitative estimate of drug-likeness (QED) is 0.803. The predicted octanol–water partition coefficient (Wildman–Crippen LogP) is 2.15. The number of pyridine rings is 1. The van der Waals surface area contributed by atoms with E-state index in [-0.39, 0.29) is 5.69 Å². The van der Waals surface area contributed by atoms with Gasteiger partial charge in [-0.15, -0.1) is 0 Å². The number of nitriles is 1. The third kappa shape index (κ3) is 2.39. The lowest BCUT2D eigenvalue weighted by Gasteiger charge is -2.32. The van der Waals surface area contributed by atoms with Crippen molar-refractivity contribution in [3.8, 4) is 6.07 Å². The van der Waals surface area contributed by atoms with Crippen LogP contribution in [0.1, 0.15) is 37.9 Å². The van der Waals surface area contributed by atoms with Crippen LogP contribution >= 0.6 is 7.60 Å². The fourth-order valence-corrected chi connectivity index (χ4v) is 3.32. The molecule has 0 radical (unpaired) electrons. The Hall–Kier alpha value is -1.21. The van der Waals surface area contributed by atoms with E-state index in [2.05, 4.69) is 4.98 Å². The fourth-order valence-electron chi connectivity index (χ4n) is 2.02. The lowest BCUT2D eigenvalue weighted by atomic mass is 9.93. The lowest BCUT2D eigenvalue weighted by Crippen LogP contribution is -2.24. The molecule has 0 atom stereocenters. The molecule has 92 valence electrons. The zero-order valence-corrected chi connectivity index (χ0v) is 10.7. The van der Waals surface area contributed by atoms with Crippen molar-refractivity contribution in [3.63, 3.8) is 0 Å². The van der Waals surface area contributed by atoms with Crippen LogP contribution in [-0.2, 0) is 9.72 Å². The van der Waals surface area contributed by atoms with E-state index >= 15 is 0 Å². The van der Waals surface area contributed by atoms with E-state index in [1.807, 2.05) is 6.07 Å². The number of hydrogen-bond acceptors (Lipinski definition) is 3. The molecule has 0 aromatic carbocycles. The number of hydrogen-bond donors (Lipinski definition) is 2. The highest BCUT2D eigenvalue weighted by Crippen LogP contribution is 2.60. The Morgan fingerprint density at radius 3 is 2.47 bits per heavy atom. The van der Waals surface area contributed by atoms with Crippen LogP contribution in [0, 0.1) is 11.3 Å². The number of rotatable bonds is 4. The van der Waals surface area contributed by atoms with Gasteiger partial charge in [-0.3, -0.25) is 4.57 Å². The van der Waals surface area contributed by atoms with Gasteiger partial charge >= 0.3 is 7.60 Å². The van der Waals surface area contributed by atoms with E-state index < -0.39 is 12.8 Å². The lowest BCUT2D eigenvalue weighted by molar-refractivity contribution is 0.315. The molecule has 1 rings (SSSR count). The average Bonchev–Trinajstić information content (AvgIpc) is 2.30. The summed E-state index contributed by atoms with van der Waals surface area (Å²) in [4.78, 5) is 22.9. The highest BCUT2D eigenvalue weighted by Gasteiger charge is 2.45. The number of nitrogens with zero attached hydrogens (tertiary/aromatic N) is 2. The van der Waals surface area contributed by atoms with Crippen LogP contribution in [0.5, 0.6) is 0 Å². The summed E-state index contributed by atoms with van der Waals surface area (Å²) in [6.45, 7) is 3.46. The first kappa shape index (κ1) is 13.9. The van der Waals surface area contributed by atoms with Gasteiger partial charge in [-0.1, -0.05) is 13.8 Å². The molecule has 0 aliphatic rings. The van der Waals surface area contributed by atoms with Crippen molar-refractivity contribution < 1.29 is 14.4 Å². The molecule has 0 fully saturated rings. The topological polar surface area (TPSA) is 94.2 Å². The average molecular weight is 254 g/mol. The molecule has 1 heterocycles. The summed E-state index contributed by atoms with van der Waals surface area (Å²) in [5.41, 5.74) is 0.643. The highest BCUT2D eigenvalue weighted by molar-refractivity contribution is 7.53. The molecule has 0 aliphatic carbocycles. The Bertz CT molecular complexity index is 486. The van der Waals surface area contributed by atoms with Gasteiger partial charge in [0.05, 0.1) is 5.16 Å². The van der Waals surface area contributed by atoms with Crippen molar-refractivity contribution in [3.05, 3.63) is 29.6 Å². The first-order chi connectivity index (χ1) is 7.91. The summed E-state index contributed by atoms with van der Waals surface area (Å²) >= 11 is 0. The van der Waals surface area contributed by atoms with Crippen molar-refractivity contribution in [2.75, 3.05) is 0 Å². The zero-order valence-electron chi connectivity index (χ0n) is 9.79. The summed E-state index contributed by atoms with van der Waals surface area (Å²) in [5.74, 6) is 0. The molecule has 0 saturated heterocycles. The Labute approximate surface area is 100 Å². The van der Waals surface area contributed by atoms with E-state index in [0.717, 1.165) is 0 Å². The van der Waals surface area contributed by atoms with Crippen molar-refractivity contribution in [1.82, 2.24) is 4.98 Å². The summed E-state index contributed by atoms with van der Waals surface area (Å²) in [5, 5.41) is 7.55. The Morgan fingerprint density at radius 2 is 2.06 bits per heavy atom. The summed E-state index contributed by atoms with van der Waals surface area (Å²) < 4.78 is 11.7. The van der Waals surface area contributed by atoms with E-state index in [1.165, 1.54) is 12.3 Å². The molecule has 0 aliphatic heterocycles. The van der Waals surface area contributed by atoms with E-state index in [9.17, 15) is 14.4 Å². The van der Waals surface area contributed by atoms with Gasteiger partial charge in [0.25, 0.3) is 0 Å². The molecular formula is C11H15N2O3P. The Balaban J connectivity index is 3.43. The molecule has 0 bridgehead atoms. The maximum atomic E-state index is 11.7. The van der Waals surface area contributed by atoms with Gasteiger partial charge in [0.1, 0.15) is 11.8 Å². The van der Waals surface area contributed by atoms with Crippen molar-refractivity contribution in [2.24, 2.45) is 0 Å². The van der Waals surface area contributed by atoms with Crippen LogP contribution in [0.2, 0.25) is 0 Å². The molecule has 5 nitrogen and oxygen atoms in total. The maximum Gasteiger partial charge on any atom is 0.335 e. The molecule has 6 heteroatoms. The summed E-state index contributed by atoms with van der Waals surface area (Å²) in [6.07, 6.45) is 2.02. The second-order valence-electron chi connectivity index (χ2n) is 3.82. The van der Waals surface area contributed by atoms with E-state index in [1.54, 1.807) is 19.9 Å².